The zero-order valence-electron chi connectivity index (χ0n) is 21.8. The number of halogens is 2. The molecule has 0 aliphatic rings. The van der Waals surface area contributed by atoms with Crippen LogP contribution in [0.25, 0.3) is 22.2 Å². The van der Waals surface area contributed by atoms with Crippen molar-refractivity contribution in [2.45, 2.75) is 20.3 Å². The topological polar surface area (TPSA) is 106 Å². The van der Waals surface area contributed by atoms with Gasteiger partial charge in [-0.2, -0.15) is 0 Å². The summed E-state index contributed by atoms with van der Waals surface area (Å²) < 4.78 is 39.6. The van der Waals surface area contributed by atoms with E-state index in [9.17, 15) is 14.0 Å². The molecule has 0 saturated carbocycles. The maximum atomic E-state index is 15.1. The van der Waals surface area contributed by atoms with E-state index in [1.807, 2.05) is 13.0 Å². The van der Waals surface area contributed by atoms with Crippen molar-refractivity contribution >= 4 is 22.6 Å². The van der Waals surface area contributed by atoms with Gasteiger partial charge in [-0.1, -0.05) is 19.1 Å². The number of carbonyl (C=O) groups excluding carboxylic acids is 1. The minimum atomic E-state index is -0.746. The summed E-state index contributed by atoms with van der Waals surface area (Å²) >= 11 is 0. The number of ether oxygens (including phenoxy) is 2. The third-order valence-corrected chi connectivity index (χ3v) is 6.36. The fourth-order valence-electron chi connectivity index (χ4n) is 4.32. The van der Waals surface area contributed by atoms with Crippen molar-refractivity contribution in [1.82, 2.24) is 15.0 Å². The number of pyridine rings is 3. The fraction of sp³-hybridized carbons (Fsp3) is 0.133. The number of amides is 1. The summed E-state index contributed by atoms with van der Waals surface area (Å²) in [6, 6.07) is 12.7. The molecule has 3 aromatic heterocycles. The van der Waals surface area contributed by atoms with Crippen molar-refractivity contribution in [3.8, 4) is 28.5 Å². The van der Waals surface area contributed by atoms with Crippen LogP contribution in [0.5, 0.6) is 17.4 Å². The molecule has 2 N–H and O–H groups in total. The summed E-state index contributed by atoms with van der Waals surface area (Å²) in [7, 11) is 1.52. The van der Waals surface area contributed by atoms with Crippen molar-refractivity contribution in [1.29, 1.82) is 0 Å². The third kappa shape index (κ3) is 5.11. The van der Waals surface area contributed by atoms with Gasteiger partial charge in [0.05, 0.1) is 12.6 Å². The summed E-state index contributed by atoms with van der Waals surface area (Å²) in [5.74, 6) is -1.32. The maximum absolute atomic E-state index is 15.1. The Kier molecular flexibility index (Phi) is 7.24. The number of anilines is 1. The second kappa shape index (κ2) is 10.9. The molecule has 1 amide bonds. The molecule has 0 spiro atoms. The number of hydrogen-bond donors (Lipinski definition) is 2. The molecule has 0 fully saturated rings. The smallest absolute Gasteiger partial charge is 0.261 e. The predicted molar refractivity (Wildman–Crippen MR) is 147 cm³/mol. The largest absolute Gasteiger partial charge is 0.481 e. The van der Waals surface area contributed by atoms with Crippen molar-refractivity contribution in [3.05, 3.63) is 106 Å². The summed E-state index contributed by atoms with van der Waals surface area (Å²) in [6.45, 7) is 3.65. The fourth-order valence-corrected chi connectivity index (χ4v) is 4.32. The van der Waals surface area contributed by atoms with Crippen molar-refractivity contribution in [2.75, 3.05) is 12.4 Å². The molecule has 8 nitrogen and oxygen atoms in total. The summed E-state index contributed by atoms with van der Waals surface area (Å²) in [5.41, 5.74) is 2.47. The number of fused-ring (bicyclic) bond motifs is 1. The number of carbonyl (C=O) groups is 1. The SMILES string of the molecule is CCc1cc2nccc(Oc3ccc(NC(=O)c4c[nH]c(C)c(-c5ccc(F)cc5)c4=O)cc3F)c2nc1OC. The highest BCUT2D eigenvalue weighted by Crippen LogP contribution is 2.33. The lowest BCUT2D eigenvalue weighted by Gasteiger charge is -2.13. The lowest BCUT2D eigenvalue weighted by molar-refractivity contribution is 0.102. The molecule has 0 bridgehead atoms. The Hall–Kier alpha value is -5.12. The number of rotatable bonds is 7. The molecular weight excluding hydrogens is 518 g/mol. The van der Waals surface area contributed by atoms with Gasteiger partial charge in [-0.3, -0.25) is 14.6 Å². The normalized spacial score (nSPS) is 10.9. The third-order valence-electron chi connectivity index (χ3n) is 6.36. The van der Waals surface area contributed by atoms with Crippen LogP contribution in [-0.4, -0.2) is 28.0 Å². The van der Waals surface area contributed by atoms with E-state index in [-0.39, 0.29) is 28.3 Å². The number of nitrogens with zero attached hydrogens (tertiary/aromatic N) is 2. The number of aromatic amines is 1. The minimum absolute atomic E-state index is 0.0994. The average molecular weight is 543 g/mol. The molecule has 0 radical (unpaired) electrons. The number of aromatic nitrogens is 3. The Morgan fingerprint density at radius 2 is 1.82 bits per heavy atom. The van der Waals surface area contributed by atoms with Crippen molar-refractivity contribution < 1.29 is 23.0 Å². The van der Waals surface area contributed by atoms with E-state index in [4.69, 9.17) is 9.47 Å². The minimum Gasteiger partial charge on any atom is -0.481 e. The van der Waals surface area contributed by atoms with Gasteiger partial charge in [0.15, 0.2) is 17.3 Å². The zero-order chi connectivity index (χ0) is 28.4. The molecule has 3 heterocycles. The van der Waals surface area contributed by atoms with Crippen LogP contribution in [0.4, 0.5) is 14.5 Å². The van der Waals surface area contributed by atoms with Gasteiger partial charge < -0.3 is 19.8 Å². The average Bonchev–Trinajstić information content (AvgIpc) is 2.94. The quantitative estimate of drug-likeness (QED) is 0.254. The van der Waals surface area contributed by atoms with E-state index in [1.165, 1.54) is 55.9 Å². The molecule has 5 aromatic rings. The van der Waals surface area contributed by atoms with Crippen LogP contribution < -0.4 is 20.2 Å². The van der Waals surface area contributed by atoms with E-state index < -0.39 is 23.0 Å². The van der Waals surface area contributed by atoms with Gasteiger partial charge in [0.1, 0.15) is 16.9 Å². The van der Waals surface area contributed by atoms with Crippen LogP contribution in [0.15, 0.2) is 71.8 Å². The van der Waals surface area contributed by atoms with Crippen LogP contribution >= 0.6 is 0 Å². The van der Waals surface area contributed by atoms with Crippen LogP contribution in [0.1, 0.15) is 28.5 Å². The van der Waals surface area contributed by atoms with Gasteiger partial charge in [0.2, 0.25) is 11.3 Å². The molecule has 0 atom stereocenters. The Labute approximate surface area is 227 Å². The first-order valence-electron chi connectivity index (χ1n) is 12.4. The Morgan fingerprint density at radius 3 is 2.52 bits per heavy atom. The van der Waals surface area contributed by atoms with E-state index in [2.05, 4.69) is 20.3 Å². The number of nitrogens with one attached hydrogen (secondary N) is 2. The number of benzene rings is 2. The highest BCUT2D eigenvalue weighted by Gasteiger charge is 2.18. The van der Waals surface area contributed by atoms with Gasteiger partial charge >= 0.3 is 0 Å². The Bertz CT molecular complexity index is 1800. The monoisotopic (exact) mass is 542 g/mol. The summed E-state index contributed by atoms with van der Waals surface area (Å²) in [5, 5.41) is 2.54. The summed E-state index contributed by atoms with van der Waals surface area (Å²) in [6.07, 6.45) is 3.52. The second-order valence-electron chi connectivity index (χ2n) is 8.93. The Morgan fingerprint density at radius 1 is 1.05 bits per heavy atom. The molecular formula is C30H24F2N4O4. The zero-order valence-corrected chi connectivity index (χ0v) is 21.8. The van der Waals surface area contributed by atoms with Gasteiger partial charge in [-0.05, 0) is 49.2 Å². The second-order valence-corrected chi connectivity index (χ2v) is 8.93. The number of methoxy groups -OCH3 is 1. The van der Waals surface area contributed by atoms with E-state index in [0.717, 1.165) is 11.6 Å². The highest BCUT2D eigenvalue weighted by molar-refractivity contribution is 6.04. The molecule has 0 aliphatic carbocycles. The van der Waals surface area contributed by atoms with Gasteiger partial charge in [0.25, 0.3) is 5.91 Å². The molecule has 40 heavy (non-hydrogen) atoms. The number of H-pyrrole nitrogens is 1. The van der Waals surface area contributed by atoms with Gasteiger partial charge in [-0.15, -0.1) is 0 Å². The van der Waals surface area contributed by atoms with Crippen LogP contribution in [0.2, 0.25) is 0 Å². The van der Waals surface area contributed by atoms with E-state index in [0.29, 0.717) is 34.6 Å². The lowest BCUT2D eigenvalue weighted by Crippen LogP contribution is -2.23. The van der Waals surface area contributed by atoms with E-state index in [1.54, 1.807) is 13.0 Å². The molecule has 0 aliphatic heterocycles. The first-order chi connectivity index (χ1) is 19.3. The van der Waals surface area contributed by atoms with Crippen LogP contribution in [0.3, 0.4) is 0 Å². The standard InChI is InChI=1S/C30H24F2N4O4/c1-4-17-13-23-27(36-30(17)39-3)25(11-12-33-23)40-24-10-9-20(14-22(24)32)35-29(38)21-15-34-16(2)26(28(21)37)18-5-7-19(31)8-6-18/h5-15H,4H2,1-3H3,(H,34,37)(H,35,38). The number of aryl methyl sites for hydroxylation is 2. The molecule has 5 rings (SSSR count). The summed E-state index contributed by atoms with van der Waals surface area (Å²) in [4.78, 5) is 37.8. The van der Waals surface area contributed by atoms with Crippen LogP contribution in [-0.2, 0) is 6.42 Å². The first-order valence-corrected chi connectivity index (χ1v) is 12.4. The Balaban J connectivity index is 1.40. The van der Waals surface area contributed by atoms with E-state index >= 15 is 4.39 Å². The van der Waals surface area contributed by atoms with Gasteiger partial charge in [-0.25, -0.2) is 13.8 Å². The lowest BCUT2D eigenvalue weighted by atomic mass is 10.0. The van der Waals surface area contributed by atoms with Gasteiger partial charge in [0, 0.05) is 47.0 Å². The maximum Gasteiger partial charge on any atom is 0.261 e. The molecule has 0 unspecified atom stereocenters. The molecule has 10 heteroatoms. The van der Waals surface area contributed by atoms with Crippen molar-refractivity contribution in [2.24, 2.45) is 0 Å². The molecule has 202 valence electrons. The first kappa shape index (κ1) is 26.5. The van der Waals surface area contributed by atoms with Crippen molar-refractivity contribution in [3.63, 3.8) is 0 Å². The highest BCUT2D eigenvalue weighted by atomic mass is 19.1. The predicted octanol–water partition coefficient (Wildman–Crippen LogP) is 6.19. The number of hydrogen-bond acceptors (Lipinski definition) is 6. The molecule has 0 saturated heterocycles. The van der Waals surface area contributed by atoms with Crippen LogP contribution in [0, 0.1) is 18.6 Å². The molecule has 2 aromatic carbocycles.